The molecule has 24 heavy (non-hydrogen) atoms. The van der Waals surface area contributed by atoms with Crippen molar-refractivity contribution in [1.82, 2.24) is 9.80 Å². The van der Waals surface area contributed by atoms with Gasteiger partial charge in [-0.2, -0.15) is 0 Å². The number of allylic oxidation sites excluding steroid dienone is 2. The normalized spacial score (nSPS) is 20.5. The van der Waals surface area contributed by atoms with Crippen molar-refractivity contribution in [3.05, 3.63) is 47.5 Å². The van der Waals surface area contributed by atoms with Crippen LogP contribution in [0.3, 0.4) is 0 Å². The molecule has 2 amide bonds. The zero-order valence-corrected chi connectivity index (χ0v) is 14.4. The maximum absolute atomic E-state index is 12.5. The van der Waals surface area contributed by atoms with Crippen molar-refractivity contribution >= 4 is 11.8 Å². The Kier molecular flexibility index (Phi) is 5.34. The topological polar surface area (TPSA) is 40.6 Å². The monoisotopic (exact) mass is 326 g/mol. The number of piperazine rings is 1. The van der Waals surface area contributed by atoms with Crippen LogP contribution in [-0.4, -0.2) is 47.8 Å². The summed E-state index contributed by atoms with van der Waals surface area (Å²) in [4.78, 5) is 28.7. The standard InChI is InChI=1S/C20H26N2O2/c1-16-6-2-5-9-18(16)15-20(24)22-12-10-21(11-13-22)19(23)14-17-7-3-4-8-17/h2-3,5-7,9,17H,4,8,10-15H2,1H3. The van der Waals surface area contributed by atoms with Gasteiger partial charge in [0, 0.05) is 32.6 Å². The maximum Gasteiger partial charge on any atom is 0.227 e. The first-order valence-corrected chi connectivity index (χ1v) is 8.90. The Morgan fingerprint density at radius 2 is 1.71 bits per heavy atom. The number of carbonyl (C=O) groups excluding carboxylic acids is 2. The van der Waals surface area contributed by atoms with E-state index in [0.717, 1.165) is 24.0 Å². The van der Waals surface area contributed by atoms with E-state index in [0.29, 0.717) is 44.9 Å². The quantitative estimate of drug-likeness (QED) is 0.798. The number of hydrogen-bond acceptors (Lipinski definition) is 2. The third-order valence-corrected chi connectivity index (χ3v) is 5.14. The second kappa shape index (κ2) is 7.65. The lowest BCUT2D eigenvalue weighted by Gasteiger charge is -2.35. The van der Waals surface area contributed by atoms with E-state index in [1.807, 2.05) is 41.0 Å². The molecule has 0 radical (unpaired) electrons. The smallest absolute Gasteiger partial charge is 0.227 e. The van der Waals surface area contributed by atoms with E-state index < -0.39 is 0 Å². The number of carbonyl (C=O) groups is 2. The molecule has 4 heteroatoms. The Morgan fingerprint density at radius 3 is 2.33 bits per heavy atom. The fraction of sp³-hybridized carbons (Fsp3) is 0.500. The number of rotatable bonds is 4. The first-order chi connectivity index (χ1) is 11.6. The molecule has 2 aliphatic rings. The van der Waals surface area contributed by atoms with Crippen LogP contribution in [0, 0.1) is 12.8 Å². The van der Waals surface area contributed by atoms with Crippen LogP contribution in [0.4, 0.5) is 0 Å². The first kappa shape index (κ1) is 16.7. The van der Waals surface area contributed by atoms with Gasteiger partial charge in [-0.1, -0.05) is 36.4 Å². The molecule has 0 spiro atoms. The lowest BCUT2D eigenvalue weighted by Crippen LogP contribution is -2.51. The van der Waals surface area contributed by atoms with Crippen molar-refractivity contribution in [3.63, 3.8) is 0 Å². The van der Waals surface area contributed by atoms with Crippen molar-refractivity contribution in [1.29, 1.82) is 0 Å². The molecule has 1 aromatic carbocycles. The highest BCUT2D eigenvalue weighted by atomic mass is 16.2. The van der Waals surface area contributed by atoms with Crippen molar-refractivity contribution < 1.29 is 9.59 Å². The molecule has 0 aromatic heterocycles. The minimum Gasteiger partial charge on any atom is -0.339 e. The lowest BCUT2D eigenvalue weighted by atomic mass is 10.0. The van der Waals surface area contributed by atoms with Gasteiger partial charge < -0.3 is 9.80 Å². The minimum atomic E-state index is 0.162. The van der Waals surface area contributed by atoms with Gasteiger partial charge in [0.15, 0.2) is 0 Å². The zero-order chi connectivity index (χ0) is 16.9. The SMILES string of the molecule is Cc1ccccc1CC(=O)N1CCN(C(=O)CC2C=CCC2)CC1. The lowest BCUT2D eigenvalue weighted by molar-refractivity contribution is -0.139. The van der Waals surface area contributed by atoms with Gasteiger partial charge in [0.25, 0.3) is 0 Å². The Hall–Kier alpha value is -2.10. The molecule has 4 nitrogen and oxygen atoms in total. The van der Waals surface area contributed by atoms with Gasteiger partial charge in [-0.05, 0) is 36.8 Å². The maximum atomic E-state index is 12.5. The van der Waals surface area contributed by atoms with E-state index in [9.17, 15) is 9.59 Å². The predicted molar refractivity (Wildman–Crippen MR) is 94.5 cm³/mol. The van der Waals surface area contributed by atoms with Crippen LogP contribution < -0.4 is 0 Å². The zero-order valence-electron chi connectivity index (χ0n) is 14.4. The fourth-order valence-corrected chi connectivity index (χ4v) is 3.51. The molecular formula is C20H26N2O2. The average Bonchev–Trinajstić information content (AvgIpc) is 3.10. The Morgan fingerprint density at radius 1 is 1.04 bits per heavy atom. The summed E-state index contributed by atoms with van der Waals surface area (Å²) in [6, 6.07) is 8.02. The third-order valence-electron chi connectivity index (χ3n) is 5.14. The van der Waals surface area contributed by atoms with Crippen molar-refractivity contribution in [2.45, 2.75) is 32.6 Å². The second-order valence-electron chi connectivity index (χ2n) is 6.83. The molecule has 0 N–H and O–H groups in total. The number of nitrogens with zero attached hydrogens (tertiary/aromatic N) is 2. The van der Waals surface area contributed by atoms with Gasteiger partial charge in [0.05, 0.1) is 6.42 Å². The Labute approximate surface area is 144 Å². The van der Waals surface area contributed by atoms with Crippen LogP contribution in [0.5, 0.6) is 0 Å². The Balaban J connectivity index is 1.47. The van der Waals surface area contributed by atoms with Gasteiger partial charge in [-0.25, -0.2) is 0 Å². The predicted octanol–water partition coefficient (Wildman–Crippen LogP) is 2.56. The summed E-state index contributed by atoms with van der Waals surface area (Å²) >= 11 is 0. The van der Waals surface area contributed by atoms with Gasteiger partial charge >= 0.3 is 0 Å². The van der Waals surface area contributed by atoms with Gasteiger partial charge in [-0.3, -0.25) is 9.59 Å². The van der Waals surface area contributed by atoms with Crippen LogP contribution in [0.1, 0.15) is 30.4 Å². The highest BCUT2D eigenvalue weighted by Crippen LogP contribution is 2.21. The molecular weight excluding hydrogens is 300 g/mol. The summed E-state index contributed by atoms with van der Waals surface area (Å²) in [5.41, 5.74) is 2.25. The van der Waals surface area contributed by atoms with E-state index in [2.05, 4.69) is 12.2 Å². The summed E-state index contributed by atoms with van der Waals surface area (Å²) < 4.78 is 0. The van der Waals surface area contributed by atoms with Crippen LogP contribution in [0.2, 0.25) is 0 Å². The van der Waals surface area contributed by atoms with Crippen LogP contribution >= 0.6 is 0 Å². The van der Waals surface area contributed by atoms with Gasteiger partial charge in [0.1, 0.15) is 0 Å². The van der Waals surface area contributed by atoms with E-state index in [-0.39, 0.29) is 11.8 Å². The molecule has 1 aliphatic carbocycles. The van der Waals surface area contributed by atoms with Gasteiger partial charge in [0.2, 0.25) is 11.8 Å². The highest BCUT2D eigenvalue weighted by molar-refractivity contribution is 5.80. The molecule has 0 saturated carbocycles. The molecule has 3 rings (SSSR count). The van der Waals surface area contributed by atoms with E-state index >= 15 is 0 Å². The second-order valence-corrected chi connectivity index (χ2v) is 6.83. The molecule has 1 aromatic rings. The van der Waals surface area contributed by atoms with Crippen molar-refractivity contribution in [2.75, 3.05) is 26.2 Å². The van der Waals surface area contributed by atoms with Crippen molar-refractivity contribution in [3.8, 4) is 0 Å². The van der Waals surface area contributed by atoms with Crippen LogP contribution in [0.25, 0.3) is 0 Å². The summed E-state index contributed by atoms with van der Waals surface area (Å²) in [5.74, 6) is 0.811. The van der Waals surface area contributed by atoms with E-state index in [4.69, 9.17) is 0 Å². The molecule has 0 bridgehead atoms. The average molecular weight is 326 g/mol. The Bertz CT molecular complexity index is 630. The molecule has 1 heterocycles. The molecule has 1 aliphatic heterocycles. The first-order valence-electron chi connectivity index (χ1n) is 8.90. The molecule has 1 unspecified atom stereocenters. The fourth-order valence-electron chi connectivity index (χ4n) is 3.51. The van der Waals surface area contributed by atoms with Crippen molar-refractivity contribution in [2.24, 2.45) is 5.92 Å². The highest BCUT2D eigenvalue weighted by Gasteiger charge is 2.25. The van der Waals surface area contributed by atoms with Gasteiger partial charge in [-0.15, -0.1) is 0 Å². The molecule has 1 fully saturated rings. The van der Waals surface area contributed by atoms with E-state index in [1.165, 1.54) is 0 Å². The molecule has 1 atom stereocenters. The number of aryl methyl sites for hydroxylation is 1. The summed E-state index contributed by atoms with van der Waals surface area (Å²) in [6.45, 7) is 4.66. The molecule has 128 valence electrons. The number of benzene rings is 1. The van der Waals surface area contributed by atoms with Crippen LogP contribution in [-0.2, 0) is 16.0 Å². The summed E-state index contributed by atoms with van der Waals surface area (Å²) in [5, 5.41) is 0. The third kappa shape index (κ3) is 4.05. The largest absolute Gasteiger partial charge is 0.339 e. The summed E-state index contributed by atoms with van der Waals surface area (Å²) in [6.07, 6.45) is 7.60. The minimum absolute atomic E-state index is 0.162. The van der Waals surface area contributed by atoms with E-state index in [1.54, 1.807) is 0 Å². The number of amides is 2. The number of hydrogen-bond donors (Lipinski definition) is 0. The molecule has 1 saturated heterocycles. The van der Waals surface area contributed by atoms with Crippen LogP contribution in [0.15, 0.2) is 36.4 Å². The summed E-state index contributed by atoms with van der Waals surface area (Å²) in [7, 11) is 0.